The van der Waals surface area contributed by atoms with Crippen LogP contribution < -0.4 is 10.6 Å². The Morgan fingerprint density at radius 3 is 2.76 bits per heavy atom. The molecule has 1 saturated heterocycles. The van der Waals surface area contributed by atoms with Crippen molar-refractivity contribution in [2.75, 3.05) is 18.4 Å². The molecule has 3 N–H and O–H groups in total. The van der Waals surface area contributed by atoms with Gasteiger partial charge in [0.25, 0.3) is 0 Å². The molecule has 1 aromatic carbocycles. The first-order valence-corrected chi connectivity index (χ1v) is 9.65. The molecule has 1 fully saturated rings. The van der Waals surface area contributed by atoms with Gasteiger partial charge in [-0.2, -0.15) is 10.2 Å². The van der Waals surface area contributed by atoms with Crippen LogP contribution in [0.15, 0.2) is 36.8 Å². The van der Waals surface area contributed by atoms with E-state index in [9.17, 15) is 0 Å². The van der Waals surface area contributed by atoms with Crippen LogP contribution in [0.2, 0.25) is 0 Å². The number of aryl methyl sites for hydroxylation is 1. The number of hydrogen-bond donors (Lipinski definition) is 3. The van der Waals surface area contributed by atoms with Crippen LogP contribution in [0.25, 0.3) is 33.3 Å². The Kier molecular flexibility index (Phi) is 4.44. The maximum Gasteiger partial charge on any atom is 0.148 e. The third-order valence-corrected chi connectivity index (χ3v) is 5.31. The van der Waals surface area contributed by atoms with Gasteiger partial charge in [-0.3, -0.25) is 9.78 Å². The van der Waals surface area contributed by atoms with Gasteiger partial charge >= 0.3 is 0 Å². The molecule has 9 heteroatoms. The molecule has 5 rings (SSSR count). The number of aromatic amines is 1. The molecule has 4 heterocycles. The average molecular weight is 392 g/mol. The summed E-state index contributed by atoms with van der Waals surface area (Å²) in [6.45, 7) is 2.01. The molecule has 0 unspecified atom stereocenters. The van der Waals surface area contributed by atoms with Gasteiger partial charge in [-0.05, 0) is 44.1 Å². The highest BCUT2D eigenvalue weighted by atomic mass is 19.1. The monoisotopic (exact) mass is 392 g/mol. The fraction of sp³-hybridized carbons (Fsp3) is 0.300. The first kappa shape index (κ1) is 17.7. The quantitative estimate of drug-likeness (QED) is 0.494. The summed E-state index contributed by atoms with van der Waals surface area (Å²) in [6, 6.07) is 5.62. The zero-order valence-corrected chi connectivity index (χ0v) is 16.0. The minimum Gasteiger partial charge on any atom is -0.366 e. The van der Waals surface area contributed by atoms with Crippen LogP contribution in [-0.2, 0) is 7.05 Å². The predicted molar refractivity (Wildman–Crippen MR) is 109 cm³/mol. The van der Waals surface area contributed by atoms with Crippen LogP contribution in [0, 0.1) is 5.82 Å². The lowest BCUT2D eigenvalue weighted by molar-refractivity contribution is 0.478. The number of H-pyrrole nitrogens is 1. The van der Waals surface area contributed by atoms with Crippen molar-refractivity contribution in [1.82, 2.24) is 35.5 Å². The molecule has 0 spiro atoms. The first-order chi connectivity index (χ1) is 14.2. The molecule has 0 aliphatic carbocycles. The zero-order valence-electron chi connectivity index (χ0n) is 16.0. The minimum atomic E-state index is -0.347. The Balaban J connectivity index is 1.50. The summed E-state index contributed by atoms with van der Waals surface area (Å²) in [5.74, 6) is 0.384. The highest BCUT2D eigenvalue weighted by Gasteiger charge is 2.19. The van der Waals surface area contributed by atoms with E-state index in [1.807, 2.05) is 12.1 Å². The molecule has 0 radical (unpaired) electrons. The maximum absolute atomic E-state index is 15.1. The van der Waals surface area contributed by atoms with Crippen LogP contribution in [0.3, 0.4) is 0 Å². The summed E-state index contributed by atoms with van der Waals surface area (Å²) in [7, 11) is 1.80. The third-order valence-electron chi connectivity index (χ3n) is 5.31. The molecular weight excluding hydrogens is 371 g/mol. The summed E-state index contributed by atoms with van der Waals surface area (Å²) in [4.78, 5) is 0. The largest absolute Gasteiger partial charge is 0.366 e. The van der Waals surface area contributed by atoms with Gasteiger partial charge in [0, 0.05) is 41.4 Å². The van der Waals surface area contributed by atoms with E-state index in [1.165, 1.54) is 6.07 Å². The lowest BCUT2D eigenvalue weighted by atomic mass is 9.99. The number of halogens is 1. The van der Waals surface area contributed by atoms with Gasteiger partial charge in [0.1, 0.15) is 11.6 Å². The van der Waals surface area contributed by atoms with Crippen LogP contribution in [-0.4, -0.2) is 49.3 Å². The normalized spacial score (nSPS) is 15.1. The Morgan fingerprint density at radius 1 is 1.17 bits per heavy atom. The molecular formula is C20H21FN8. The number of anilines is 1. The number of benzene rings is 1. The first-order valence-electron chi connectivity index (χ1n) is 9.65. The lowest BCUT2D eigenvalue weighted by Gasteiger charge is -2.23. The van der Waals surface area contributed by atoms with Crippen molar-refractivity contribution in [2.45, 2.75) is 18.9 Å². The molecule has 29 heavy (non-hydrogen) atoms. The second-order valence-electron chi connectivity index (χ2n) is 7.31. The van der Waals surface area contributed by atoms with Crippen molar-refractivity contribution >= 4 is 16.7 Å². The van der Waals surface area contributed by atoms with Crippen molar-refractivity contribution in [3.05, 3.63) is 42.6 Å². The van der Waals surface area contributed by atoms with Crippen LogP contribution >= 0.6 is 0 Å². The Labute approximate surface area is 166 Å². The molecule has 3 aromatic heterocycles. The van der Waals surface area contributed by atoms with Gasteiger partial charge in [-0.25, -0.2) is 4.39 Å². The highest BCUT2D eigenvalue weighted by molar-refractivity contribution is 6.02. The van der Waals surface area contributed by atoms with Gasteiger partial charge in [-0.1, -0.05) is 0 Å². The smallest absolute Gasteiger partial charge is 0.148 e. The number of aromatic nitrogens is 6. The van der Waals surface area contributed by atoms with Crippen LogP contribution in [0.4, 0.5) is 10.2 Å². The second-order valence-corrected chi connectivity index (χ2v) is 7.31. The summed E-state index contributed by atoms with van der Waals surface area (Å²) < 4.78 is 16.7. The van der Waals surface area contributed by atoms with Gasteiger partial charge < -0.3 is 10.6 Å². The van der Waals surface area contributed by atoms with Crippen LogP contribution in [0.5, 0.6) is 0 Å². The number of rotatable bonds is 4. The molecule has 148 valence electrons. The predicted octanol–water partition coefficient (Wildman–Crippen LogP) is 2.72. The average Bonchev–Trinajstić information content (AvgIpc) is 3.38. The Bertz CT molecular complexity index is 1140. The van der Waals surface area contributed by atoms with Crippen LogP contribution in [0.1, 0.15) is 12.8 Å². The van der Waals surface area contributed by atoms with Gasteiger partial charge in [0.15, 0.2) is 0 Å². The van der Waals surface area contributed by atoms with Crippen molar-refractivity contribution in [3.8, 4) is 22.4 Å². The van der Waals surface area contributed by atoms with Gasteiger partial charge in [0.2, 0.25) is 0 Å². The Morgan fingerprint density at radius 2 is 2.03 bits per heavy atom. The van der Waals surface area contributed by atoms with E-state index in [2.05, 4.69) is 36.1 Å². The fourth-order valence-electron chi connectivity index (χ4n) is 3.85. The highest BCUT2D eigenvalue weighted by Crippen LogP contribution is 2.36. The molecule has 1 aliphatic heterocycles. The lowest BCUT2D eigenvalue weighted by Crippen LogP contribution is -2.35. The molecule has 0 atom stereocenters. The van der Waals surface area contributed by atoms with E-state index in [0.29, 0.717) is 33.8 Å². The number of nitrogens with zero attached hydrogens (tertiary/aromatic N) is 5. The van der Waals surface area contributed by atoms with Crippen molar-refractivity contribution in [3.63, 3.8) is 0 Å². The fourth-order valence-corrected chi connectivity index (χ4v) is 3.85. The van der Waals surface area contributed by atoms with E-state index >= 15 is 4.39 Å². The van der Waals surface area contributed by atoms with Crippen molar-refractivity contribution in [1.29, 1.82) is 0 Å². The summed E-state index contributed by atoms with van der Waals surface area (Å²) in [5.41, 5.74) is 3.12. The minimum absolute atomic E-state index is 0.347. The van der Waals surface area contributed by atoms with E-state index < -0.39 is 0 Å². The third kappa shape index (κ3) is 3.33. The SMILES string of the molecule is Cn1cc(-c2c(F)cc(-c3ccc(NC4CCNCC4)nn3)c3[nH]ncc23)cn1. The van der Waals surface area contributed by atoms with Crippen molar-refractivity contribution < 1.29 is 4.39 Å². The molecule has 8 nitrogen and oxygen atoms in total. The van der Waals surface area contributed by atoms with Gasteiger partial charge in [-0.15, -0.1) is 10.2 Å². The molecule has 0 amide bonds. The molecule has 4 aromatic rings. The molecule has 0 bridgehead atoms. The van der Waals surface area contributed by atoms with E-state index in [4.69, 9.17) is 0 Å². The maximum atomic E-state index is 15.1. The van der Waals surface area contributed by atoms with Crippen molar-refractivity contribution in [2.24, 2.45) is 7.05 Å². The summed E-state index contributed by atoms with van der Waals surface area (Å²) >= 11 is 0. The Hall–Kier alpha value is -3.33. The zero-order chi connectivity index (χ0) is 19.8. The topological polar surface area (TPSA) is 96.3 Å². The summed E-state index contributed by atoms with van der Waals surface area (Å²) in [5, 5.41) is 27.3. The number of piperidine rings is 1. The second kappa shape index (κ2) is 7.25. The van der Waals surface area contributed by atoms with Gasteiger partial charge in [0.05, 0.1) is 23.6 Å². The molecule has 1 aliphatic rings. The number of hydrogen-bond acceptors (Lipinski definition) is 6. The van der Waals surface area contributed by atoms with E-state index in [-0.39, 0.29) is 5.82 Å². The van der Waals surface area contributed by atoms with E-state index in [1.54, 1.807) is 30.3 Å². The standard InChI is InChI=1S/C20H21FN8/c1-29-11-12(9-24-29)19-15-10-23-28-20(15)14(8-16(19)21)17-2-3-18(27-26-17)25-13-4-6-22-7-5-13/h2-3,8-11,13,22H,4-7H2,1H3,(H,23,28)(H,25,27). The summed E-state index contributed by atoms with van der Waals surface area (Å²) in [6.07, 6.45) is 7.17. The number of fused-ring (bicyclic) bond motifs is 1. The molecule has 0 saturated carbocycles. The van der Waals surface area contributed by atoms with E-state index in [0.717, 1.165) is 37.3 Å². The number of nitrogens with one attached hydrogen (secondary N) is 3.